The summed E-state index contributed by atoms with van der Waals surface area (Å²) in [6, 6.07) is 19.2. The summed E-state index contributed by atoms with van der Waals surface area (Å²) in [5.41, 5.74) is 2.02. The Bertz CT molecular complexity index is 1600. The average molecular weight is 548 g/mol. The lowest BCUT2D eigenvalue weighted by molar-refractivity contribution is -0.384. The summed E-state index contributed by atoms with van der Waals surface area (Å²) in [6.07, 6.45) is 0. The highest BCUT2D eigenvalue weighted by Crippen LogP contribution is 2.35. The van der Waals surface area contributed by atoms with E-state index in [1.54, 1.807) is 19.2 Å². The van der Waals surface area contributed by atoms with Gasteiger partial charge in [-0.1, -0.05) is 6.07 Å². The van der Waals surface area contributed by atoms with Gasteiger partial charge in [0.1, 0.15) is 11.5 Å². The van der Waals surface area contributed by atoms with E-state index in [1.807, 2.05) is 49.4 Å². The molecule has 0 aliphatic carbocycles. The fourth-order valence-electron chi connectivity index (χ4n) is 3.41. The van der Waals surface area contributed by atoms with Gasteiger partial charge in [0.2, 0.25) is 17.1 Å². The number of thiazole rings is 1. The number of nitrogens with one attached hydrogen (secondary N) is 2. The number of rotatable bonds is 10. The predicted octanol–water partition coefficient (Wildman–Crippen LogP) is 6.44. The van der Waals surface area contributed by atoms with Gasteiger partial charge in [0.05, 0.1) is 28.9 Å². The zero-order chi connectivity index (χ0) is 26.5. The highest BCUT2D eigenvalue weighted by Gasteiger charge is 2.14. The molecular weight excluding hydrogens is 526 g/mol. The quantitative estimate of drug-likeness (QED) is 0.148. The lowest BCUT2D eigenvalue weighted by atomic mass is 10.3. The Balaban J connectivity index is 1.46. The van der Waals surface area contributed by atoms with Crippen molar-refractivity contribution in [3.63, 3.8) is 0 Å². The van der Waals surface area contributed by atoms with Crippen molar-refractivity contribution in [2.24, 2.45) is 0 Å². The Morgan fingerprint density at radius 1 is 0.921 bits per heavy atom. The van der Waals surface area contributed by atoms with Crippen LogP contribution in [0.25, 0.3) is 10.2 Å². The molecule has 0 aliphatic rings. The summed E-state index contributed by atoms with van der Waals surface area (Å²) in [4.78, 5) is 29.0. The number of methoxy groups -OCH3 is 1. The highest BCUT2D eigenvalue weighted by atomic mass is 32.2. The van der Waals surface area contributed by atoms with Crippen molar-refractivity contribution in [1.29, 1.82) is 0 Å². The molecule has 13 heteroatoms. The summed E-state index contributed by atoms with van der Waals surface area (Å²) >= 11 is 2.80. The molecule has 0 spiro atoms. The Labute approximate surface area is 225 Å². The number of nitro groups is 1. The van der Waals surface area contributed by atoms with Gasteiger partial charge in [-0.05, 0) is 67.2 Å². The molecule has 192 valence electrons. The van der Waals surface area contributed by atoms with Gasteiger partial charge in [0.15, 0.2) is 4.34 Å². The molecule has 0 radical (unpaired) electrons. The zero-order valence-corrected chi connectivity index (χ0v) is 21.9. The molecule has 0 saturated carbocycles. The minimum Gasteiger partial charge on any atom is -0.497 e. The second kappa shape index (κ2) is 11.3. The number of fused-ring (bicyclic) bond motifs is 1. The summed E-state index contributed by atoms with van der Waals surface area (Å²) in [5, 5.41) is 17.8. The zero-order valence-electron chi connectivity index (χ0n) is 20.2. The average Bonchev–Trinajstić information content (AvgIpc) is 3.31. The summed E-state index contributed by atoms with van der Waals surface area (Å²) in [7, 11) is 1.60. The van der Waals surface area contributed by atoms with Crippen molar-refractivity contribution in [2.75, 3.05) is 24.4 Å². The Morgan fingerprint density at radius 2 is 1.66 bits per heavy atom. The van der Waals surface area contributed by atoms with Crippen molar-refractivity contribution in [2.45, 2.75) is 16.4 Å². The minimum atomic E-state index is -0.458. The molecule has 3 aromatic carbocycles. The Hall–Kier alpha value is -4.49. The standard InChI is InChI=1S/C25H21N7O4S2/c1-3-36-19-11-12-20-21(14-19)37-25(28-20)38-24-30-22(26-15-7-9-18(35-2)10-8-15)29-23(31-24)27-16-5-4-6-17(13-16)32(33)34/h4-14H,3H2,1-2H3,(H2,26,27,29,30,31). The summed E-state index contributed by atoms with van der Waals surface area (Å²) in [6.45, 7) is 2.52. The molecule has 0 amide bonds. The van der Waals surface area contributed by atoms with Crippen LogP contribution in [-0.2, 0) is 0 Å². The van der Waals surface area contributed by atoms with Crippen molar-refractivity contribution >= 4 is 62.3 Å². The Morgan fingerprint density at radius 3 is 2.37 bits per heavy atom. The van der Waals surface area contributed by atoms with Crippen LogP contribution in [0.3, 0.4) is 0 Å². The van der Waals surface area contributed by atoms with Crippen molar-refractivity contribution in [3.8, 4) is 11.5 Å². The fraction of sp³-hybridized carbons (Fsp3) is 0.120. The maximum Gasteiger partial charge on any atom is 0.271 e. The third-order valence-electron chi connectivity index (χ3n) is 5.10. The van der Waals surface area contributed by atoms with Gasteiger partial charge in [-0.2, -0.15) is 15.0 Å². The molecule has 0 unspecified atom stereocenters. The highest BCUT2D eigenvalue weighted by molar-refractivity contribution is 8.01. The van der Waals surface area contributed by atoms with Crippen molar-refractivity contribution in [3.05, 3.63) is 76.8 Å². The number of hydrogen-bond donors (Lipinski definition) is 2. The monoisotopic (exact) mass is 547 g/mol. The van der Waals surface area contributed by atoms with E-state index in [9.17, 15) is 10.1 Å². The molecule has 0 atom stereocenters. The lowest BCUT2D eigenvalue weighted by Gasteiger charge is -2.10. The van der Waals surface area contributed by atoms with Crippen LogP contribution in [0.5, 0.6) is 11.5 Å². The van der Waals surface area contributed by atoms with Crippen molar-refractivity contribution in [1.82, 2.24) is 19.9 Å². The van der Waals surface area contributed by atoms with Gasteiger partial charge in [-0.15, -0.1) is 11.3 Å². The molecule has 5 rings (SSSR count). The third-order valence-corrected chi connectivity index (χ3v) is 7.05. The van der Waals surface area contributed by atoms with E-state index in [4.69, 9.17) is 9.47 Å². The summed E-state index contributed by atoms with van der Waals surface area (Å²) < 4.78 is 12.5. The molecule has 2 aromatic heterocycles. The molecule has 11 nitrogen and oxygen atoms in total. The molecule has 2 heterocycles. The largest absolute Gasteiger partial charge is 0.497 e. The number of nitro benzene ring substituents is 1. The molecule has 5 aromatic rings. The maximum absolute atomic E-state index is 11.2. The first-order valence-electron chi connectivity index (χ1n) is 11.4. The number of non-ortho nitro benzene ring substituents is 1. The second-order valence-electron chi connectivity index (χ2n) is 7.70. The van der Waals surface area contributed by atoms with Crippen LogP contribution in [0.15, 0.2) is 76.2 Å². The van der Waals surface area contributed by atoms with Crippen LogP contribution in [0.1, 0.15) is 6.92 Å². The van der Waals surface area contributed by atoms with Gasteiger partial charge in [-0.25, -0.2) is 4.98 Å². The summed E-state index contributed by atoms with van der Waals surface area (Å²) in [5.74, 6) is 2.02. The van der Waals surface area contributed by atoms with Crippen LogP contribution in [0.4, 0.5) is 29.0 Å². The van der Waals surface area contributed by atoms with Crippen LogP contribution < -0.4 is 20.1 Å². The van der Waals surface area contributed by atoms with E-state index in [0.29, 0.717) is 23.4 Å². The van der Waals surface area contributed by atoms with E-state index >= 15 is 0 Å². The smallest absolute Gasteiger partial charge is 0.271 e. The molecule has 0 aliphatic heterocycles. The SMILES string of the molecule is CCOc1ccc2nc(Sc3nc(Nc4ccc(OC)cc4)nc(Nc4cccc([N+](=O)[O-])c4)n3)sc2c1. The predicted molar refractivity (Wildman–Crippen MR) is 147 cm³/mol. The van der Waals surface area contributed by atoms with Gasteiger partial charge in [0, 0.05) is 23.5 Å². The van der Waals surface area contributed by atoms with E-state index in [0.717, 1.165) is 31.7 Å². The van der Waals surface area contributed by atoms with Gasteiger partial charge in [-0.3, -0.25) is 10.1 Å². The first kappa shape index (κ1) is 25.2. The van der Waals surface area contributed by atoms with Crippen molar-refractivity contribution < 1.29 is 14.4 Å². The third kappa shape index (κ3) is 6.07. The van der Waals surface area contributed by atoms with Crippen LogP contribution >= 0.6 is 23.1 Å². The number of aromatic nitrogens is 4. The van der Waals surface area contributed by atoms with Crippen LogP contribution in [0.2, 0.25) is 0 Å². The van der Waals surface area contributed by atoms with Crippen LogP contribution in [0, 0.1) is 10.1 Å². The number of ether oxygens (including phenoxy) is 2. The number of nitrogens with zero attached hydrogens (tertiary/aromatic N) is 5. The topological polar surface area (TPSA) is 137 Å². The molecule has 38 heavy (non-hydrogen) atoms. The van der Waals surface area contributed by atoms with E-state index in [1.165, 1.54) is 35.2 Å². The van der Waals surface area contributed by atoms with Gasteiger partial charge >= 0.3 is 0 Å². The van der Waals surface area contributed by atoms with E-state index < -0.39 is 4.92 Å². The molecule has 0 saturated heterocycles. The normalized spacial score (nSPS) is 10.8. The number of anilines is 4. The van der Waals surface area contributed by atoms with Crippen LogP contribution in [-0.4, -0.2) is 38.6 Å². The molecule has 0 bridgehead atoms. The Kier molecular flexibility index (Phi) is 7.47. The van der Waals surface area contributed by atoms with Gasteiger partial charge in [0.25, 0.3) is 5.69 Å². The minimum absolute atomic E-state index is 0.0452. The number of benzene rings is 3. The first-order chi connectivity index (χ1) is 18.5. The first-order valence-corrected chi connectivity index (χ1v) is 13.0. The van der Waals surface area contributed by atoms with E-state index in [-0.39, 0.29) is 11.6 Å². The van der Waals surface area contributed by atoms with E-state index in [2.05, 4.69) is 30.6 Å². The fourth-order valence-corrected chi connectivity index (χ4v) is 5.36. The lowest BCUT2D eigenvalue weighted by Crippen LogP contribution is -2.05. The second-order valence-corrected chi connectivity index (χ2v) is 9.94. The van der Waals surface area contributed by atoms with Gasteiger partial charge < -0.3 is 20.1 Å². The number of hydrogen-bond acceptors (Lipinski definition) is 12. The maximum atomic E-state index is 11.2. The molecular formula is C25H21N7O4S2. The molecule has 0 fully saturated rings. The molecule has 2 N–H and O–H groups in total.